The van der Waals surface area contributed by atoms with Gasteiger partial charge in [-0.2, -0.15) is 5.10 Å². The van der Waals surface area contributed by atoms with Crippen LogP contribution >= 0.6 is 0 Å². The zero-order chi connectivity index (χ0) is 12.2. The molecule has 1 aromatic heterocycles. The average Bonchev–Trinajstić information content (AvgIpc) is 2.48. The van der Waals surface area contributed by atoms with Crippen molar-refractivity contribution in [3.63, 3.8) is 0 Å². The predicted octanol–water partition coefficient (Wildman–Crippen LogP) is 0.424. The van der Waals surface area contributed by atoms with Crippen molar-refractivity contribution in [2.75, 3.05) is 6.54 Å². The summed E-state index contributed by atoms with van der Waals surface area (Å²) in [5, 5.41) is 10.0. The van der Waals surface area contributed by atoms with Crippen LogP contribution in [-0.4, -0.2) is 27.8 Å². The van der Waals surface area contributed by atoms with Crippen LogP contribution < -0.4 is 10.6 Å². The van der Waals surface area contributed by atoms with Gasteiger partial charge in [0.25, 0.3) is 0 Å². The van der Waals surface area contributed by atoms with Crippen LogP contribution in [-0.2, 0) is 18.4 Å². The molecule has 1 amide bonds. The summed E-state index contributed by atoms with van der Waals surface area (Å²) < 4.78 is 1.74. The van der Waals surface area contributed by atoms with Crippen LogP contribution in [0.2, 0.25) is 0 Å². The number of nitrogens with one attached hydrogen (secondary N) is 2. The number of amides is 1. The summed E-state index contributed by atoms with van der Waals surface area (Å²) in [6.07, 6.45) is 3.71. The minimum atomic E-state index is -0.174. The third-order valence-electron chi connectivity index (χ3n) is 1.89. The smallest absolute Gasteiger partial charge is 0.234 e. The summed E-state index contributed by atoms with van der Waals surface area (Å²) in [6, 6.07) is 0. The van der Waals surface area contributed by atoms with E-state index < -0.39 is 0 Å². The molecule has 5 nitrogen and oxygen atoms in total. The van der Waals surface area contributed by atoms with E-state index in [0.29, 0.717) is 13.1 Å². The molecule has 2 N–H and O–H groups in total. The van der Waals surface area contributed by atoms with E-state index >= 15 is 0 Å². The van der Waals surface area contributed by atoms with Gasteiger partial charge in [0.15, 0.2) is 0 Å². The maximum absolute atomic E-state index is 11.5. The Morgan fingerprint density at radius 3 is 2.69 bits per heavy atom. The van der Waals surface area contributed by atoms with Gasteiger partial charge in [0, 0.05) is 30.9 Å². The summed E-state index contributed by atoms with van der Waals surface area (Å²) in [5.41, 5.74) is 0.902. The second kappa shape index (κ2) is 5.12. The van der Waals surface area contributed by atoms with E-state index in [4.69, 9.17) is 0 Å². The van der Waals surface area contributed by atoms with Gasteiger partial charge in [-0.1, -0.05) is 0 Å². The summed E-state index contributed by atoms with van der Waals surface area (Å²) in [6.45, 7) is 6.88. The van der Waals surface area contributed by atoms with Crippen LogP contribution in [0.15, 0.2) is 12.4 Å². The molecule has 1 rings (SSSR count). The molecule has 1 aromatic rings. The Bertz CT molecular complexity index is 351. The molecule has 0 aliphatic carbocycles. The van der Waals surface area contributed by atoms with Crippen molar-refractivity contribution >= 4 is 5.91 Å². The van der Waals surface area contributed by atoms with Crippen LogP contribution in [0, 0.1) is 0 Å². The first-order chi connectivity index (χ1) is 7.37. The zero-order valence-corrected chi connectivity index (χ0v) is 10.4. The van der Waals surface area contributed by atoms with Crippen LogP contribution in [0.25, 0.3) is 0 Å². The van der Waals surface area contributed by atoms with Gasteiger partial charge in [0.05, 0.1) is 12.7 Å². The highest BCUT2D eigenvalue weighted by Crippen LogP contribution is 1.98. The fraction of sp³-hybridized carbons (Fsp3) is 0.636. The highest BCUT2D eigenvalue weighted by Gasteiger charge is 2.12. The number of aryl methyl sites for hydroxylation is 1. The van der Waals surface area contributed by atoms with Crippen molar-refractivity contribution in [3.8, 4) is 0 Å². The number of nitrogens with zero attached hydrogens (tertiary/aromatic N) is 2. The molecule has 0 unspecified atom stereocenters. The Morgan fingerprint density at radius 1 is 1.50 bits per heavy atom. The van der Waals surface area contributed by atoms with Gasteiger partial charge in [-0.3, -0.25) is 9.48 Å². The van der Waals surface area contributed by atoms with Crippen molar-refractivity contribution in [2.45, 2.75) is 32.9 Å². The molecule has 0 spiro atoms. The number of rotatable bonds is 4. The second-order valence-electron chi connectivity index (χ2n) is 4.92. The minimum Gasteiger partial charge on any atom is -0.350 e. The molecular formula is C11H20N4O. The molecule has 0 saturated carbocycles. The quantitative estimate of drug-likeness (QED) is 0.779. The van der Waals surface area contributed by atoms with E-state index in [1.54, 1.807) is 10.9 Å². The summed E-state index contributed by atoms with van der Waals surface area (Å²) in [5.74, 6) is 0.0105. The topological polar surface area (TPSA) is 59.0 Å². The standard InChI is InChI=1S/C11H20N4O/c1-11(2,3)14-10(16)7-12-5-9-6-13-15(4)8-9/h6,8,12H,5,7H2,1-4H3,(H,14,16). The van der Waals surface area contributed by atoms with Crippen molar-refractivity contribution in [1.82, 2.24) is 20.4 Å². The fourth-order valence-electron chi connectivity index (χ4n) is 1.35. The Morgan fingerprint density at radius 2 is 2.19 bits per heavy atom. The second-order valence-corrected chi connectivity index (χ2v) is 4.92. The van der Waals surface area contributed by atoms with Gasteiger partial charge < -0.3 is 10.6 Å². The average molecular weight is 224 g/mol. The van der Waals surface area contributed by atoms with E-state index in [1.165, 1.54) is 0 Å². The van der Waals surface area contributed by atoms with Crippen LogP contribution in [0.1, 0.15) is 26.3 Å². The van der Waals surface area contributed by atoms with E-state index in [1.807, 2.05) is 34.0 Å². The lowest BCUT2D eigenvalue weighted by Gasteiger charge is -2.20. The van der Waals surface area contributed by atoms with Crippen molar-refractivity contribution in [1.29, 1.82) is 0 Å². The molecule has 0 atom stereocenters. The Kier molecular flexibility index (Phi) is 4.06. The van der Waals surface area contributed by atoms with Gasteiger partial charge in [0.1, 0.15) is 0 Å². The molecule has 90 valence electrons. The summed E-state index contributed by atoms with van der Waals surface area (Å²) in [4.78, 5) is 11.5. The van der Waals surface area contributed by atoms with Gasteiger partial charge in [-0.15, -0.1) is 0 Å². The summed E-state index contributed by atoms with van der Waals surface area (Å²) >= 11 is 0. The van der Waals surface area contributed by atoms with E-state index in [9.17, 15) is 4.79 Å². The Balaban J connectivity index is 2.23. The molecular weight excluding hydrogens is 204 g/mol. The van der Waals surface area contributed by atoms with E-state index in [0.717, 1.165) is 5.56 Å². The molecule has 5 heteroatoms. The number of carbonyl (C=O) groups excluding carboxylic acids is 1. The largest absolute Gasteiger partial charge is 0.350 e. The predicted molar refractivity (Wildman–Crippen MR) is 62.8 cm³/mol. The van der Waals surface area contributed by atoms with Crippen LogP contribution in [0.5, 0.6) is 0 Å². The first-order valence-corrected chi connectivity index (χ1v) is 5.36. The molecule has 16 heavy (non-hydrogen) atoms. The fourth-order valence-corrected chi connectivity index (χ4v) is 1.35. The SMILES string of the molecule is Cn1cc(CNCC(=O)NC(C)(C)C)cn1. The normalized spacial score (nSPS) is 11.5. The molecule has 0 fully saturated rings. The molecule has 0 aliphatic rings. The first-order valence-electron chi connectivity index (χ1n) is 5.36. The highest BCUT2D eigenvalue weighted by molar-refractivity contribution is 5.78. The highest BCUT2D eigenvalue weighted by atomic mass is 16.2. The maximum atomic E-state index is 11.5. The van der Waals surface area contributed by atoms with Crippen LogP contribution in [0.4, 0.5) is 0 Å². The van der Waals surface area contributed by atoms with E-state index in [-0.39, 0.29) is 11.4 Å². The molecule has 0 aliphatic heterocycles. The van der Waals surface area contributed by atoms with Crippen molar-refractivity contribution in [2.24, 2.45) is 7.05 Å². The lowest BCUT2D eigenvalue weighted by Crippen LogP contribution is -2.44. The van der Waals surface area contributed by atoms with Crippen LogP contribution in [0.3, 0.4) is 0 Å². The molecule has 0 aromatic carbocycles. The number of aromatic nitrogens is 2. The molecule has 1 heterocycles. The monoisotopic (exact) mass is 224 g/mol. The van der Waals surface area contributed by atoms with Gasteiger partial charge in [0.2, 0.25) is 5.91 Å². The number of hydrogen-bond acceptors (Lipinski definition) is 3. The number of hydrogen-bond donors (Lipinski definition) is 2. The first kappa shape index (κ1) is 12.7. The third kappa shape index (κ3) is 4.93. The lowest BCUT2D eigenvalue weighted by molar-refractivity contribution is -0.121. The maximum Gasteiger partial charge on any atom is 0.234 e. The van der Waals surface area contributed by atoms with E-state index in [2.05, 4.69) is 15.7 Å². The third-order valence-corrected chi connectivity index (χ3v) is 1.89. The Labute approximate surface area is 96.2 Å². The molecule has 0 saturated heterocycles. The lowest BCUT2D eigenvalue weighted by atomic mass is 10.1. The molecule has 0 bridgehead atoms. The van der Waals surface area contributed by atoms with Gasteiger partial charge in [-0.05, 0) is 20.8 Å². The number of carbonyl (C=O) groups is 1. The molecule has 0 radical (unpaired) electrons. The van der Waals surface area contributed by atoms with Gasteiger partial charge >= 0.3 is 0 Å². The Hall–Kier alpha value is -1.36. The summed E-state index contributed by atoms with van der Waals surface area (Å²) in [7, 11) is 1.87. The van der Waals surface area contributed by atoms with Crippen molar-refractivity contribution in [3.05, 3.63) is 18.0 Å². The van der Waals surface area contributed by atoms with Gasteiger partial charge in [-0.25, -0.2) is 0 Å². The van der Waals surface area contributed by atoms with Crippen molar-refractivity contribution < 1.29 is 4.79 Å². The minimum absolute atomic E-state index is 0.0105. The zero-order valence-electron chi connectivity index (χ0n) is 10.4.